The first-order valence-corrected chi connectivity index (χ1v) is 7.32. The highest BCUT2D eigenvalue weighted by molar-refractivity contribution is 7.17. The molecule has 2 aromatic heterocycles. The van der Waals surface area contributed by atoms with Gasteiger partial charge in [0.1, 0.15) is 0 Å². The molecule has 0 saturated carbocycles. The van der Waals surface area contributed by atoms with Gasteiger partial charge in [0.05, 0.1) is 0 Å². The maximum absolute atomic E-state index is 12.1. The fourth-order valence-corrected chi connectivity index (χ4v) is 3.05. The normalized spacial score (nSPS) is 10.5. The number of carboxylic acid groups (broad SMARTS) is 1. The number of aromatic nitrogens is 2. The minimum Gasteiger partial charge on any atom is -0.476 e. The van der Waals surface area contributed by atoms with Gasteiger partial charge in [-0.3, -0.25) is 4.79 Å². The van der Waals surface area contributed by atoms with Gasteiger partial charge in [-0.15, -0.1) is 11.3 Å². The number of carbonyl (C=O) groups is 2. The van der Waals surface area contributed by atoms with Crippen LogP contribution in [-0.4, -0.2) is 27.0 Å². The summed E-state index contributed by atoms with van der Waals surface area (Å²) in [5, 5.41) is 14.8. The van der Waals surface area contributed by atoms with Crippen molar-refractivity contribution in [2.24, 2.45) is 0 Å². The summed E-state index contributed by atoms with van der Waals surface area (Å²) >= 11 is 1.60. The van der Waals surface area contributed by atoms with Gasteiger partial charge < -0.3 is 10.4 Å². The van der Waals surface area contributed by atoms with Crippen LogP contribution in [0.5, 0.6) is 0 Å². The SMILES string of the molecule is O=C(O)c1nccnc1C(=O)NCc1csc2ccccc12. The maximum atomic E-state index is 12.1. The molecular weight excluding hydrogens is 302 g/mol. The second-order valence-corrected chi connectivity index (χ2v) is 5.41. The Balaban J connectivity index is 1.80. The highest BCUT2D eigenvalue weighted by atomic mass is 32.1. The Kier molecular flexibility index (Phi) is 3.80. The molecule has 0 aliphatic heterocycles. The Morgan fingerprint density at radius 2 is 1.86 bits per heavy atom. The lowest BCUT2D eigenvalue weighted by Gasteiger charge is -2.05. The van der Waals surface area contributed by atoms with Gasteiger partial charge in [-0.25, -0.2) is 14.8 Å². The van der Waals surface area contributed by atoms with E-state index in [-0.39, 0.29) is 11.4 Å². The molecule has 2 N–H and O–H groups in total. The molecule has 1 aromatic carbocycles. The highest BCUT2D eigenvalue weighted by Crippen LogP contribution is 2.25. The van der Waals surface area contributed by atoms with Crippen molar-refractivity contribution in [2.75, 3.05) is 0 Å². The zero-order chi connectivity index (χ0) is 15.5. The van der Waals surface area contributed by atoms with Crippen LogP contribution in [-0.2, 0) is 6.54 Å². The van der Waals surface area contributed by atoms with Gasteiger partial charge >= 0.3 is 5.97 Å². The summed E-state index contributed by atoms with van der Waals surface area (Å²) in [5.74, 6) is -1.83. The second kappa shape index (κ2) is 5.90. The van der Waals surface area contributed by atoms with Crippen molar-refractivity contribution in [1.82, 2.24) is 15.3 Å². The molecule has 0 fully saturated rings. The van der Waals surface area contributed by atoms with Crippen molar-refractivity contribution in [3.8, 4) is 0 Å². The van der Waals surface area contributed by atoms with Crippen LogP contribution >= 0.6 is 11.3 Å². The monoisotopic (exact) mass is 313 g/mol. The number of aromatic carboxylic acids is 1. The number of hydrogen-bond donors (Lipinski definition) is 2. The number of thiophene rings is 1. The van der Waals surface area contributed by atoms with Gasteiger partial charge in [-0.05, 0) is 22.4 Å². The molecule has 1 amide bonds. The van der Waals surface area contributed by atoms with Crippen molar-refractivity contribution in [3.63, 3.8) is 0 Å². The van der Waals surface area contributed by atoms with E-state index in [0.717, 1.165) is 15.6 Å². The number of rotatable bonds is 4. The second-order valence-electron chi connectivity index (χ2n) is 4.50. The number of amides is 1. The molecule has 22 heavy (non-hydrogen) atoms. The maximum Gasteiger partial charge on any atom is 0.356 e. The van der Waals surface area contributed by atoms with E-state index in [4.69, 9.17) is 5.11 Å². The average Bonchev–Trinajstić information content (AvgIpc) is 2.96. The van der Waals surface area contributed by atoms with Gasteiger partial charge in [0.2, 0.25) is 0 Å². The Bertz CT molecular complexity index is 860. The molecule has 3 aromatic rings. The quantitative estimate of drug-likeness (QED) is 0.771. The zero-order valence-electron chi connectivity index (χ0n) is 11.3. The molecule has 0 saturated heterocycles. The largest absolute Gasteiger partial charge is 0.476 e. The predicted octanol–water partition coefficient (Wildman–Crippen LogP) is 2.32. The number of nitrogens with zero attached hydrogens (tertiary/aromatic N) is 2. The van der Waals surface area contributed by atoms with E-state index in [1.807, 2.05) is 29.6 Å². The first-order valence-electron chi connectivity index (χ1n) is 6.44. The first kappa shape index (κ1) is 14.2. The number of carboxylic acids is 1. The summed E-state index contributed by atoms with van der Waals surface area (Å²) < 4.78 is 1.14. The Morgan fingerprint density at radius 3 is 2.64 bits per heavy atom. The number of fused-ring (bicyclic) bond motifs is 1. The molecule has 110 valence electrons. The average molecular weight is 313 g/mol. The van der Waals surface area contributed by atoms with Crippen LogP contribution < -0.4 is 5.32 Å². The lowest BCUT2D eigenvalue weighted by atomic mass is 10.2. The molecule has 0 aliphatic rings. The van der Waals surface area contributed by atoms with E-state index in [2.05, 4.69) is 15.3 Å². The summed E-state index contributed by atoms with van der Waals surface area (Å²) in [6.45, 7) is 0.304. The van der Waals surface area contributed by atoms with Crippen LogP contribution in [0.15, 0.2) is 42.0 Å². The fourth-order valence-electron chi connectivity index (χ4n) is 2.09. The van der Waals surface area contributed by atoms with Gasteiger partial charge in [0.25, 0.3) is 5.91 Å². The highest BCUT2D eigenvalue weighted by Gasteiger charge is 2.19. The van der Waals surface area contributed by atoms with Crippen LogP contribution in [0.1, 0.15) is 26.5 Å². The van der Waals surface area contributed by atoms with Crippen molar-refractivity contribution in [2.45, 2.75) is 6.54 Å². The minimum absolute atomic E-state index is 0.186. The van der Waals surface area contributed by atoms with E-state index in [0.29, 0.717) is 6.54 Å². The van der Waals surface area contributed by atoms with Crippen LogP contribution in [0, 0.1) is 0 Å². The van der Waals surface area contributed by atoms with Gasteiger partial charge in [0, 0.05) is 23.6 Å². The molecule has 0 aliphatic carbocycles. The number of carbonyl (C=O) groups excluding carboxylic acids is 1. The summed E-state index contributed by atoms with van der Waals surface area (Å²) in [5.41, 5.74) is 0.444. The summed E-state index contributed by atoms with van der Waals surface area (Å²) in [6, 6.07) is 7.89. The topological polar surface area (TPSA) is 92.2 Å². The third-order valence-corrected chi connectivity index (χ3v) is 4.13. The molecule has 0 radical (unpaired) electrons. The van der Waals surface area contributed by atoms with Gasteiger partial charge in [0.15, 0.2) is 11.4 Å². The number of benzene rings is 1. The molecule has 6 nitrogen and oxygen atoms in total. The van der Waals surface area contributed by atoms with E-state index in [1.165, 1.54) is 12.4 Å². The number of nitrogens with one attached hydrogen (secondary N) is 1. The van der Waals surface area contributed by atoms with E-state index >= 15 is 0 Å². The van der Waals surface area contributed by atoms with E-state index in [9.17, 15) is 9.59 Å². The third kappa shape index (κ3) is 2.66. The predicted molar refractivity (Wildman–Crippen MR) is 82.0 cm³/mol. The lowest BCUT2D eigenvalue weighted by molar-refractivity contribution is 0.0683. The van der Waals surface area contributed by atoms with E-state index < -0.39 is 11.9 Å². The van der Waals surface area contributed by atoms with Crippen molar-refractivity contribution in [1.29, 1.82) is 0 Å². The molecule has 0 atom stereocenters. The van der Waals surface area contributed by atoms with Gasteiger partial charge in [-0.2, -0.15) is 0 Å². The van der Waals surface area contributed by atoms with Crippen molar-refractivity contribution in [3.05, 3.63) is 59.0 Å². The Hall–Kier alpha value is -2.80. The molecule has 7 heteroatoms. The zero-order valence-corrected chi connectivity index (χ0v) is 12.1. The summed E-state index contributed by atoms with van der Waals surface area (Å²) in [4.78, 5) is 30.7. The van der Waals surface area contributed by atoms with Crippen LogP contribution in [0.3, 0.4) is 0 Å². The summed E-state index contributed by atoms with van der Waals surface area (Å²) in [7, 11) is 0. The standard InChI is InChI=1S/C15H11N3O3S/c19-14(12-13(15(20)21)17-6-5-16-12)18-7-9-8-22-11-4-2-1-3-10(9)11/h1-6,8H,7H2,(H,18,19)(H,20,21). The molecule has 0 unspecified atom stereocenters. The minimum atomic E-state index is -1.28. The molecule has 3 rings (SSSR count). The molecule has 2 heterocycles. The molecule has 0 spiro atoms. The summed E-state index contributed by atoms with van der Waals surface area (Å²) in [6.07, 6.45) is 2.54. The molecular formula is C15H11N3O3S. The third-order valence-electron chi connectivity index (χ3n) is 3.12. The first-order chi connectivity index (χ1) is 10.7. The smallest absolute Gasteiger partial charge is 0.356 e. The van der Waals surface area contributed by atoms with Crippen molar-refractivity contribution < 1.29 is 14.7 Å². The number of hydrogen-bond acceptors (Lipinski definition) is 5. The van der Waals surface area contributed by atoms with Crippen LogP contribution in [0.2, 0.25) is 0 Å². The van der Waals surface area contributed by atoms with Crippen LogP contribution in [0.4, 0.5) is 0 Å². The Labute approximate surface area is 129 Å². The molecule has 0 bridgehead atoms. The fraction of sp³-hybridized carbons (Fsp3) is 0.0667. The van der Waals surface area contributed by atoms with Crippen molar-refractivity contribution >= 4 is 33.3 Å². The van der Waals surface area contributed by atoms with E-state index in [1.54, 1.807) is 11.3 Å². The lowest BCUT2D eigenvalue weighted by Crippen LogP contribution is -2.26. The van der Waals surface area contributed by atoms with Gasteiger partial charge in [-0.1, -0.05) is 18.2 Å². The Morgan fingerprint density at radius 1 is 1.14 bits per heavy atom. The van der Waals surface area contributed by atoms with Crippen LogP contribution in [0.25, 0.3) is 10.1 Å².